The number of amides is 3. The molecule has 0 saturated carbocycles. The molecule has 0 spiro atoms. The maximum atomic E-state index is 12.9. The predicted octanol–water partition coefficient (Wildman–Crippen LogP) is 3.72. The molecule has 3 aromatic rings. The highest BCUT2D eigenvalue weighted by Crippen LogP contribution is 2.34. The maximum absolute atomic E-state index is 12.9. The summed E-state index contributed by atoms with van der Waals surface area (Å²) in [6.45, 7) is 1.64. The number of hydrogen-bond acceptors (Lipinski definition) is 6. The van der Waals surface area contributed by atoms with Crippen LogP contribution in [0.5, 0.6) is 5.75 Å². The minimum Gasteiger partial charge on any atom is -0.483 e. The van der Waals surface area contributed by atoms with Gasteiger partial charge >= 0.3 is 0 Å². The van der Waals surface area contributed by atoms with Crippen LogP contribution in [0, 0.1) is 17.0 Å². The zero-order valence-electron chi connectivity index (χ0n) is 16.9. The summed E-state index contributed by atoms with van der Waals surface area (Å²) < 4.78 is 5.52. The maximum Gasteiger partial charge on any atom is 0.283 e. The quantitative estimate of drug-likeness (QED) is 0.361. The van der Waals surface area contributed by atoms with E-state index in [-0.39, 0.29) is 23.4 Å². The summed E-state index contributed by atoms with van der Waals surface area (Å²) in [6, 6.07) is 17.3. The van der Waals surface area contributed by atoms with Gasteiger partial charge in [0.05, 0.1) is 16.2 Å². The fourth-order valence-corrected chi connectivity index (χ4v) is 3.44. The van der Waals surface area contributed by atoms with Crippen LogP contribution in [-0.2, 0) is 4.79 Å². The first-order valence-corrected chi connectivity index (χ1v) is 9.61. The lowest BCUT2D eigenvalue weighted by molar-refractivity contribution is -0.385. The molecule has 9 heteroatoms. The molecule has 0 fully saturated rings. The van der Waals surface area contributed by atoms with Crippen LogP contribution in [0.1, 0.15) is 26.3 Å². The number of nitrogens with one attached hydrogen (secondary N) is 1. The van der Waals surface area contributed by atoms with E-state index in [0.29, 0.717) is 11.4 Å². The second kappa shape index (κ2) is 8.31. The first kappa shape index (κ1) is 20.7. The molecule has 0 radical (unpaired) electrons. The second-order valence-electron chi connectivity index (χ2n) is 7.06. The predicted molar refractivity (Wildman–Crippen MR) is 116 cm³/mol. The van der Waals surface area contributed by atoms with Gasteiger partial charge in [0.15, 0.2) is 6.61 Å². The van der Waals surface area contributed by atoms with Gasteiger partial charge in [-0.15, -0.1) is 0 Å². The number of hydrogen-bond donors (Lipinski definition) is 1. The van der Waals surface area contributed by atoms with Crippen LogP contribution < -0.4 is 15.0 Å². The number of benzene rings is 3. The SMILES string of the molecule is Cc1ccccc1OCC(=O)Nc1cccc(N2C(=O)c3cccc([N+](=O)[O-])c3C2=O)c1. The molecule has 1 aliphatic rings. The van der Waals surface area contributed by atoms with Gasteiger partial charge < -0.3 is 10.1 Å². The number of imide groups is 1. The Labute approximate surface area is 182 Å². The van der Waals surface area contributed by atoms with Crippen LogP contribution in [0.25, 0.3) is 0 Å². The molecule has 0 aromatic heterocycles. The molecule has 0 unspecified atom stereocenters. The van der Waals surface area contributed by atoms with Gasteiger partial charge in [-0.3, -0.25) is 24.5 Å². The van der Waals surface area contributed by atoms with Crippen LogP contribution in [0.2, 0.25) is 0 Å². The van der Waals surface area contributed by atoms with Crippen molar-refractivity contribution in [3.8, 4) is 5.75 Å². The van der Waals surface area contributed by atoms with Crippen molar-refractivity contribution in [1.82, 2.24) is 0 Å². The van der Waals surface area contributed by atoms with Gasteiger partial charge in [0.2, 0.25) is 0 Å². The fourth-order valence-electron chi connectivity index (χ4n) is 3.44. The number of nitro groups is 1. The van der Waals surface area contributed by atoms with Crippen LogP contribution >= 0.6 is 0 Å². The molecule has 0 bridgehead atoms. The van der Waals surface area contributed by atoms with Crippen LogP contribution in [0.15, 0.2) is 66.7 Å². The summed E-state index contributed by atoms with van der Waals surface area (Å²) in [5, 5.41) is 13.9. The number of nitrogens with zero attached hydrogens (tertiary/aromatic N) is 2. The Hall–Kier alpha value is -4.53. The minimum absolute atomic E-state index is 0.0368. The van der Waals surface area contributed by atoms with Gasteiger partial charge in [-0.2, -0.15) is 0 Å². The van der Waals surface area contributed by atoms with E-state index in [1.54, 1.807) is 24.3 Å². The zero-order valence-corrected chi connectivity index (χ0v) is 16.9. The molecule has 3 aromatic carbocycles. The average molecular weight is 431 g/mol. The first-order chi connectivity index (χ1) is 15.4. The van der Waals surface area contributed by atoms with E-state index in [1.807, 2.05) is 19.1 Å². The Morgan fingerprint density at radius 1 is 1.03 bits per heavy atom. The summed E-state index contributed by atoms with van der Waals surface area (Å²) >= 11 is 0. The topological polar surface area (TPSA) is 119 Å². The van der Waals surface area contributed by atoms with Crippen LogP contribution in [-0.4, -0.2) is 29.3 Å². The third-order valence-electron chi connectivity index (χ3n) is 4.93. The molecule has 9 nitrogen and oxygen atoms in total. The lowest BCUT2D eigenvalue weighted by atomic mass is 10.1. The van der Waals surface area contributed by atoms with Crippen molar-refractivity contribution in [1.29, 1.82) is 0 Å². The first-order valence-electron chi connectivity index (χ1n) is 9.61. The van der Waals surface area contributed by atoms with Crippen LogP contribution in [0.3, 0.4) is 0 Å². The van der Waals surface area contributed by atoms with Gasteiger partial charge in [0.25, 0.3) is 23.4 Å². The van der Waals surface area contributed by atoms with Crippen molar-refractivity contribution in [2.45, 2.75) is 6.92 Å². The van der Waals surface area contributed by atoms with Gasteiger partial charge in [-0.05, 0) is 42.8 Å². The number of rotatable bonds is 6. The Balaban J connectivity index is 1.52. The molecule has 0 aliphatic carbocycles. The molecule has 3 amide bonds. The van der Waals surface area contributed by atoms with E-state index in [4.69, 9.17) is 4.74 Å². The number of para-hydroxylation sites is 1. The van der Waals surface area contributed by atoms with Crippen LogP contribution in [0.4, 0.5) is 17.1 Å². The number of anilines is 2. The Bertz CT molecular complexity index is 1270. The molecular formula is C23H17N3O6. The molecule has 0 atom stereocenters. The largest absolute Gasteiger partial charge is 0.483 e. The summed E-state index contributed by atoms with van der Waals surface area (Å²) in [7, 11) is 0. The molecule has 0 saturated heterocycles. The van der Waals surface area contributed by atoms with Gasteiger partial charge in [0.1, 0.15) is 11.3 Å². The Morgan fingerprint density at radius 3 is 2.53 bits per heavy atom. The Kier molecular flexibility index (Phi) is 5.38. The van der Waals surface area contributed by atoms with E-state index in [0.717, 1.165) is 10.5 Å². The summed E-state index contributed by atoms with van der Waals surface area (Å²) in [5.74, 6) is -1.30. The van der Waals surface area contributed by atoms with E-state index in [9.17, 15) is 24.5 Å². The molecule has 1 N–H and O–H groups in total. The lowest BCUT2D eigenvalue weighted by Gasteiger charge is -2.15. The highest BCUT2D eigenvalue weighted by atomic mass is 16.6. The number of nitro benzene ring substituents is 1. The molecule has 1 heterocycles. The second-order valence-corrected chi connectivity index (χ2v) is 7.06. The third kappa shape index (κ3) is 3.79. The van der Waals surface area contributed by atoms with Crippen molar-refractivity contribution < 1.29 is 24.0 Å². The molecular weight excluding hydrogens is 414 g/mol. The van der Waals surface area contributed by atoms with E-state index in [1.165, 1.54) is 30.3 Å². The van der Waals surface area contributed by atoms with Gasteiger partial charge in [-0.1, -0.05) is 30.3 Å². The van der Waals surface area contributed by atoms with Crippen molar-refractivity contribution in [3.05, 3.63) is 93.5 Å². The van der Waals surface area contributed by atoms with Crippen molar-refractivity contribution >= 4 is 34.8 Å². The highest BCUT2D eigenvalue weighted by Gasteiger charge is 2.41. The van der Waals surface area contributed by atoms with E-state index in [2.05, 4.69) is 5.32 Å². The van der Waals surface area contributed by atoms with E-state index < -0.39 is 28.3 Å². The zero-order chi connectivity index (χ0) is 22.8. The monoisotopic (exact) mass is 431 g/mol. The number of ether oxygens (including phenoxy) is 1. The third-order valence-corrected chi connectivity index (χ3v) is 4.93. The molecule has 160 valence electrons. The minimum atomic E-state index is -0.788. The summed E-state index contributed by atoms with van der Waals surface area (Å²) in [4.78, 5) is 49.4. The fraction of sp³-hybridized carbons (Fsp3) is 0.0870. The average Bonchev–Trinajstić information content (AvgIpc) is 3.03. The summed E-state index contributed by atoms with van der Waals surface area (Å²) in [5.41, 5.74) is 0.701. The highest BCUT2D eigenvalue weighted by molar-refractivity contribution is 6.35. The standard InChI is InChI=1S/C23H17N3O6/c1-14-6-2-3-11-19(14)32-13-20(27)24-15-7-4-8-16(12-15)25-22(28)17-9-5-10-18(26(30)31)21(17)23(25)29/h2-12H,13H2,1H3,(H,24,27). The van der Waals surface area contributed by atoms with E-state index >= 15 is 0 Å². The van der Waals surface area contributed by atoms with Crippen molar-refractivity contribution in [3.63, 3.8) is 0 Å². The van der Waals surface area contributed by atoms with Crippen molar-refractivity contribution in [2.75, 3.05) is 16.8 Å². The lowest BCUT2D eigenvalue weighted by Crippen LogP contribution is -2.29. The Morgan fingerprint density at radius 2 is 1.78 bits per heavy atom. The summed E-state index contributed by atoms with van der Waals surface area (Å²) in [6.07, 6.45) is 0. The number of carbonyl (C=O) groups excluding carboxylic acids is 3. The van der Waals surface area contributed by atoms with Gasteiger partial charge in [-0.25, -0.2) is 4.90 Å². The molecule has 32 heavy (non-hydrogen) atoms. The molecule has 4 rings (SSSR count). The molecule has 1 aliphatic heterocycles. The smallest absolute Gasteiger partial charge is 0.283 e. The number of aryl methyl sites for hydroxylation is 1. The normalized spacial score (nSPS) is 12.5. The van der Waals surface area contributed by atoms with Gasteiger partial charge in [0, 0.05) is 11.8 Å². The number of fused-ring (bicyclic) bond motifs is 1. The number of carbonyl (C=O) groups is 3. The van der Waals surface area contributed by atoms with Crippen molar-refractivity contribution in [2.24, 2.45) is 0 Å².